The molecule has 0 unspecified atom stereocenters. The van der Waals surface area contributed by atoms with Crippen LogP contribution < -0.4 is 0 Å². The van der Waals surface area contributed by atoms with Crippen LogP contribution in [0.1, 0.15) is 55.7 Å². The molecule has 4 rings (SSSR count). The van der Waals surface area contributed by atoms with E-state index in [0.717, 1.165) is 41.7 Å². The minimum atomic E-state index is -1.23. The smallest absolute Gasteiger partial charge is 0.323 e. The summed E-state index contributed by atoms with van der Waals surface area (Å²) in [5.41, 5.74) is 2.04. The first-order chi connectivity index (χ1) is 14.0. The SMILES string of the molecule is Cc1ccc(S[C@]2(C(=O)O)CC(=O)N(C3CCCCC3)[C@@H]2c2ccccc2)cc1. The molecule has 1 amide bonds. The molecule has 2 aromatic carbocycles. The van der Waals surface area contributed by atoms with Gasteiger partial charge in [0.2, 0.25) is 5.91 Å². The van der Waals surface area contributed by atoms with Crippen LogP contribution in [0.5, 0.6) is 0 Å². The first kappa shape index (κ1) is 20.0. The number of benzene rings is 2. The number of aryl methyl sites for hydroxylation is 1. The summed E-state index contributed by atoms with van der Waals surface area (Å²) in [5.74, 6) is -0.948. The number of carbonyl (C=O) groups is 2. The topological polar surface area (TPSA) is 57.6 Å². The quantitative estimate of drug-likeness (QED) is 0.736. The van der Waals surface area contributed by atoms with E-state index in [-0.39, 0.29) is 18.4 Å². The molecule has 1 N–H and O–H groups in total. The fourth-order valence-corrected chi connectivity index (χ4v) is 6.10. The Kier molecular flexibility index (Phi) is 5.68. The lowest BCUT2D eigenvalue weighted by molar-refractivity contribution is -0.140. The van der Waals surface area contributed by atoms with Crippen molar-refractivity contribution in [1.82, 2.24) is 4.90 Å². The molecule has 2 aliphatic rings. The van der Waals surface area contributed by atoms with E-state index < -0.39 is 16.8 Å². The van der Waals surface area contributed by atoms with E-state index in [1.165, 1.54) is 18.2 Å². The lowest BCUT2D eigenvalue weighted by atomic mass is 9.89. The van der Waals surface area contributed by atoms with E-state index >= 15 is 0 Å². The first-order valence-corrected chi connectivity index (χ1v) is 11.2. The van der Waals surface area contributed by atoms with Gasteiger partial charge in [0.25, 0.3) is 0 Å². The average molecular weight is 410 g/mol. The van der Waals surface area contributed by atoms with Gasteiger partial charge in [0.1, 0.15) is 0 Å². The molecule has 1 saturated heterocycles. The molecular formula is C24H27NO3S. The van der Waals surface area contributed by atoms with E-state index in [1.807, 2.05) is 66.4 Å². The van der Waals surface area contributed by atoms with Crippen LogP contribution in [0, 0.1) is 6.92 Å². The van der Waals surface area contributed by atoms with Crippen LogP contribution in [0.2, 0.25) is 0 Å². The molecule has 1 saturated carbocycles. The standard InChI is InChI=1S/C24H27NO3S/c1-17-12-14-20(15-13-17)29-24(23(27)28)16-21(26)25(19-10-6-3-7-11-19)22(24)18-8-4-2-5-9-18/h2,4-5,8-9,12-15,19,22H,3,6-7,10-11,16H2,1H3,(H,27,28)/t22-,24-/m1/s1. The van der Waals surface area contributed by atoms with Gasteiger partial charge in [0.05, 0.1) is 12.5 Å². The molecule has 0 spiro atoms. The van der Waals surface area contributed by atoms with Gasteiger partial charge in [-0.05, 0) is 37.5 Å². The third kappa shape index (κ3) is 3.80. The van der Waals surface area contributed by atoms with Crippen LogP contribution in [0.15, 0.2) is 59.5 Å². The van der Waals surface area contributed by atoms with Crippen molar-refractivity contribution in [3.8, 4) is 0 Å². The molecule has 1 aliphatic carbocycles. The first-order valence-electron chi connectivity index (χ1n) is 10.4. The van der Waals surface area contributed by atoms with Gasteiger partial charge in [-0.2, -0.15) is 0 Å². The Hall–Kier alpha value is -2.27. The second-order valence-electron chi connectivity index (χ2n) is 8.19. The summed E-state index contributed by atoms with van der Waals surface area (Å²) in [6, 6.07) is 17.3. The molecule has 0 bridgehead atoms. The van der Waals surface area contributed by atoms with Gasteiger partial charge < -0.3 is 10.0 Å². The number of thioether (sulfide) groups is 1. The Bertz CT molecular complexity index is 877. The predicted molar refractivity (Wildman–Crippen MR) is 115 cm³/mol. The van der Waals surface area contributed by atoms with Crippen molar-refractivity contribution in [3.05, 3.63) is 65.7 Å². The predicted octanol–water partition coefficient (Wildman–Crippen LogP) is 5.22. The Labute approximate surface area is 176 Å². The number of carbonyl (C=O) groups excluding carboxylic acids is 1. The molecule has 2 fully saturated rings. The average Bonchev–Trinajstić information content (AvgIpc) is 3.04. The maximum atomic E-state index is 13.3. The molecule has 0 radical (unpaired) electrons. The Morgan fingerprint density at radius 3 is 2.31 bits per heavy atom. The zero-order valence-electron chi connectivity index (χ0n) is 16.7. The van der Waals surface area contributed by atoms with Crippen LogP contribution >= 0.6 is 11.8 Å². The summed E-state index contributed by atoms with van der Waals surface area (Å²) in [5, 5.41) is 10.4. The second-order valence-corrected chi connectivity index (χ2v) is 9.60. The number of rotatable bonds is 5. The van der Waals surface area contributed by atoms with Crippen molar-refractivity contribution in [3.63, 3.8) is 0 Å². The fraction of sp³-hybridized carbons (Fsp3) is 0.417. The van der Waals surface area contributed by atoms with Gasteiger partial charge >= 0.3 is 5.97 Å². The number of hydrogen-bond acceptors (Lipinski definition) is 3. The van der Waals surface area contributed by atoms with E-state index in [1.54, 1.807) is 0 Å². The van der Waals surface area contributed by atoms with E-state index in [9.17, 15) is 14.7 Å². The Balaban J connectivity index is 1.80. The number of hydrogen-bond donors (Lipinski definition) is 1. The zero-order chi connectivity index (χ0) is 20.4. The summed E-state index contributed by atoms with van der Waals surface area (Å²) < 4.78 is -1.23. The largest absolute Gasteiger partial charge is 0.480 e. The lowest BCUT2D eigenvalue weighted by Gasteiger charge is -2.40. The fourth-order valence-electron chi connectivity index (χ4n) is 4.76. The van der Waals surface area contributed by atoms with Crippen molar-refractivity contribution in [2.45, 2.75) is 67.2 Å². The second kappa shape index (κ2) is 8.23. The third-order valence-corrected chi connectivity index (χ3v) is 7.60. The molecule has 0 aromatic heterocycles. The van der Waals surface area contributed by atoms with Crippen LogP contribution in [0.4, 0.5) is 0 Å². The molecule has 1 aliphatic heterocycles. The summed E-state index contributed by atoms with van der Waals surface area (Å²) >= 11 is 1.33. The third-order valence-electron chi connectivity index (χ3n) is 6.19. The molecule has 4 nitrogen and oxygen atoms in total. The van der Waals surface area contributed by atoms with Gasteiger partial charge in [-0.1, -0.05) is 67.3 Å². The highest BCUT2D eigenvalue weighted by atomic mass is 32.2. The molecule has 1 heterocycles. The minimum absolute atomic E-state index is 0.0247. The molecule has 5 heteroatoms. The number of amides is 1. The molecule has 2 atom stereocenters. The Morgan fingerprint density at radius 1 is 1.03 bits per heavy atom. The Morgan fingerprint density at radius 2 is 1.69 bits per heavy atom. The van der Waals surface area contributed by atoms with Gasteiger partial charge in [-0.25, -0.2) is 0 Å². The van der Waals surface area contributed by atoms with Gasteiger partial charge in [-0.15, -0.1) is 11.8 Å². The number of nitrogens with zero attached hydrogens (tertiary/aromatic N) is 1. The number of carboxylic acid groups (broad SMARTS) is 1. The molecular weight excluding hydrogens is 382 g/mol. The van der Waals surface area contributed by atoms with E-state index in [2.05, 4.69) is 0 Å². The zero-order valence-corrected chi connectivity index (χ0v) is 17.5. The van der Waals surface area contributed by atoms with Crippen LogP contribution in [0.25, 0.3) is 0 Å². The summed E-state index contributed by atoms with van der Waals surface area (Å²) in [6.45, 7) is 2.01. The van der Waals surface area contributed by atoms with Crippen LogP contribution in [0.3, 0.4) is 0 Å². The van der Waals surface area contributed by atoms with Gasteiger partial charge in [0.15, 0.2) is 4.75 Å². The van der Waals surface area contributed by atoms with E-state index in [0.29, 0.717) is 0 Å². The normalized spacial score (nSPS) is 25.3. The van der Waals surface area contributed by atoms with Crippen molar-refractivity contribution in [2.24, 2.45) is 0 Å². The molecule has 29 heavy (non-hydrogen) atoms. The van der Waals surface area contributed by atoms with Crippen LogP contribution in [-0.4, -0.2) is 32.7 Å². The van der Waals surface area contributed by atoms with Crippen LogP contribution in [-0.2, 0) is 9.59 Å². The number of aliphatic carboxylic acids is 1. The lowest BCUT2D eigenvalue weighted by Crippen LogP contribution is -2.45. The highest BCUT2D eigenvalue weighted by Gasteiger charge is 2.59. The molecule has 152 valence electrons. The van der Waals surface area contributed by atoms with Crippen molar-refractivity contribution in [1.29, 1.82) is 0 Å². The maximum absolute atomic E-state index is 13.3. The summed E-state index contributed by atoms with van der Waals surface area (Å²) in [7, 11) is 0. The highest BCUT2D eigenvalue weighted by Crippen LogP contribution is 2.54. The molecule has 2 aromatic rings. The number of likely N-dealkylation sites (tertiary alicyclic amines) is 1. The van der Waals surface area contributed by atoms with E-state index in [4.69, 9.17) is 0 Å². The van der Waals surface area contributed by atoms with Crippen molar-refractivity contribution in [2.75, 3.05) is 0 Å². The summed E-state index contributed by atoms with van der Waals surface area (Å²) in [4.78, 5) is 28.8. The van der Waals surface area contributed by atoms with Gasteiger partial charge in [0, 0.05) is 10.9 Å². The van der Waals surface area contributed by atoms with Crippen molar-refractivity contribution >= 4 is 23.6 Å². The van der Waals surface area contributed by atoms with Crippen molar-refractivity contribution < 1.29 is 14.7 Å². The monoisotopic (exact) mass is 409 g/mol. The summed E-state index contributed by atoms with van der Waals surface area (Å²) in [6.07, 6.45) is 5.33. The minimum Gasteiger partial charge on any atom is -0.480 e. The maximum Gasteiger partial charge on any atom is 0.323 e. The number of carboxylic acids is 1. The van der Waals surface area contributed by atoms with Gasteiger partial charge in [-0.3, -0.25) is 9.59 Å². The highest BCUT2D eigenvalue weighted by molar-refractivity contribution is 8.01.